The predicted octanol–water partition coefficient (Wildman–Crippen LogP) is 8.88. The Bertz CT molecular complexity index is 1760. The Morgan fingerprint density at radius 2 is 1.49 bits per heavy atom. The van der Waals surface area contributed by atoms with Crippen LogP contribution in [0.5, 0.6) is 11.6 Å². The van der Waals surface area contributed by atoms with E-state index < -0.39 is 0 Å². The van der Waals surface area contributed by atoms with Crippen molar-refractivity contribution < 1.29 is 25.8 Å². The summed E-state index contributed by atoms with van der Waals surface area (Å²) >= 11 is 0. The zero-order chi connectivity index (χ0) is 26.2. The van der Waals surface area contributed by atoms with Gasteiger partial charge in [-0.15, -0.1) is 18.2 Å². The van der Waals surface area contributed by atoms with E-state index in [1.807, 2.05) is 42.6 Å². The molecule has 0 bridgehead atoms. The Morgan fingerprint density at radius 1 is 0.718 bits per heavy atom. The van der Waals surface area contributed by atoms with Crippen LogP contribution in [-0.4, -0.2) is 14.5 Å². The van der Waals surface area contributed by atoms with E-state index in [2.05, 4.69) is 91.8 Å². The third kappa shape index (κ3) is 5.14. The number of ether oxygens (including phenoxy) is 1. The Kier molecular flexibility index (Phi) is 7.68. The van der Waals surface area contributed by atoms with Crippen molar-refractivity contribution in [3.63, 3.8) is 0 Å². The number of para-hydroxylation sites is 1. The summed E-state index contributed by atoms with van der Waals surface area (Å²) in [7, 11) is 0. The maximum Gasteiger partial charge on any atom is 2.00 e. The monoisotopic (exact) mass is 690 g/mol. The maximum absolute atomic E-state index is 5.94. The molecule has 3 aromatic carbocycles. The van der Waals surface area contributed by atoms with Gasteiger partial charge >= 0.3 is 21.1 Å². The molecule has 3 heterocycles. The van der Waals surface area contributed by atoms with Gasteiger partial charge in [0.05, 0.1) is 0 Å². The smallest absolute Gasteiger partial charge is 0.460 e. The number of rotatable bonds is 6. The predicted molar refractivity (Wildman–Crippen MR) is 154 cm³/mol. The quantitative estimate of drug-likeness (QED) is 0.164. The third-order valence-corrected chi connectivity index (χ3v) is 6.92. The Hall–Kier alpha value is -3.75. The summed E-state index contributed by atoms with van der Waals surface area (Å²) in [5, 5.41) is 2.33. The Labute approximate surface area is 244 Å². The van der Waals surface area contributed by atoms with Crippen LogP contribution in [0.3, 0.4) is 0 Å². The summed E-state index contributed by atoms with van der Waals surface area (Å²) in [6.07, 6.45) is 3.76. The zero-order valence-electron chi connectivity index (χ0n) is 22.4. The van der Waals surface area contributed by atoms with Gasteiger partial charge in [-0.05, 0) is 52.1 Å². The molecule has 4 nitrogen and oxygen atoms in total. The number of aromatic nitrogens is 3. The molecule has 0 radical (unpaired) electrons. The molecule has 6 aromatic rings. The van der Waals surface area contributed by atoms with E-state index in [1.54, 1.807) is 6.20 Å². The number of hydrogen-bond donors (Lipinski definition) is 0. The van der Waals surface area contributed by atoms with Crippen LogP contribution in [0.15, 0.2) is 91.3 Å². The first-order valence-corrected chi connectivity index (χ1v) is 13.1. The molecule has 0 amide bonds. The molecule has 0 saturated heterocycles. The molecule has 196 valence electrons. The third-order valence-electron chi connectivity index (χ3n) is 6.92. The second kappa shape index (κ2) is 11.2. The average molecular weight is 691 g/mol. The Morgan fingerprint density at radius 3 is 2.26 bits per heavy atom. The summed E-state index contributed by atoms with van der Waals surface area (Å²) in [5.41, 5.74) is 6.59. The largest absolute Gasteiger partial charge is 2.00 e. The number of benzene rings is 3. The van der Waals surface area contributed by atoms with Gasteiger partial charge in [0.2, 0.25) is 5.88 Å². The summed E-state index contributed by atoms with van der Waals surface area (Å²) in [6, 6.07) is 33.6. The Balaban J connectivity index is 0.00000308. The van der Waals surface area contributed by atoms with E-state index in [1.165, 1.54) is 16.5 Å². The molecule has 0 N–H and O–H groups in total. The molecule has 0 aliphatic heterocycles. The van der Waals surface area contributed by atoms with Crippen molar-refractivity contribution in [1.29, 1.82) is 0 Å². The van der Waals surface area contributed by atoms with Crippen LogP contribution < -0.4 is 4.74 Å². The SMILES string of the molecule is CC(C)c1cnc(-n2c3[c-]c(-c4[c-]c(Oc5ccccn5)ccc4)ccc3c3ccccc32)cc1C(C)C.[Pt+2]. The van der Waals surface area contributed by atoms with Crippen LogP contribution in [0.25, 0.3) is 38.8 Å². The molecular weight excluding hydrogens is 661 g/mol. The molecule has 39 heavy (non-hydrogen) atoms. The molecule has 0 saturated carbocycles. The molecule has 0 unspecified atom stereocenters. The second-order valence-corrected chi connectivity index (χ2v) is 10.2. The van der Waals surface area contributed by atoms with Crippen LogP contribution in [0.2, 0.25) is 0 Å². The average Bonchev–Trinajstić information content (AvgIpc) is 3.27. The number of fused-ring (bicyclic) bond motifs is 3. The number of nitrogens with zero attached hydrogens (tertiary/aromatic N) is 3. The minimum absolute atomic E-state index is 0. The fourth-order valence-corrected chi connectivity index (χ4v) is 5.05. The van der Waals surface area contributed by atoms with Gasteiger partial charge < -0.3 is 9.30 Å². The summed E-state index contributed by atoms with van der Waals surface area (Å²) < 4.78 is 8.17. The van der Waals surface area contributed by atoms with Crippen LogP contribution in [0, 0.1) is 12.1 Å². The van der Waals surface area contributed by atoms with Gasteiger partial charge in [0.1, 0.15) is 5.82 Å². The maximum atomic E-state index is 5.94. The first-order chi connectivity index (χ1) is 18.5. The van der Waals surface area contributed by atoms with E-state index in [9.17, 15) is 0 Å². The van der Waals surface area contributed by atoms with Crippen LogP contribution in [0.1, 0.15) is 50.7 Å². The standard InChI is InChI=1S/C34H29N3O.Pt/c1-22(2)29-20-33(36-21-30(29)23(3)4)37-31-13-6-5-12-27(31)28-16-15-25(19-32(28)37)24-10-9-11-26(18-24)38-34-14-7-8-17-35-34;/h5-17,20-23H,1-4H3;/q-2;+2. The van der Waals surface area contributed by atoms with Crippen molar-refractivity contribution in [3.8, 4) is 28.6 Å². The van der Waals surface area contributed by atoms with E-state index in [4.69, 9.17) is 9.72 Å². The molecule has 5 heteroatoms. The second-order valence-electron chi connectivity index (χ2n) is 10.2. The van der Waals surface area contributed by atoms with Gasteiger partial charge in [0.15, 0.2) is 0 Å². The fourth-order valence-electron chi connectivity index (χ4n) is 5.05. The van der Waals surface area contributed by atoms with Crippen molar-refractivity contribution in [2.45, 2.75) is 39.5 Å². The van der Waals surface area contributed by atoms with Gasteiger partial charge in [0, 0.05) is 29.7 Å². The van der Waals surface area contributed by atoms with Gasteiger partial charge in [0.25, 0.3) is 0 Å². The normalized spacial score (nSPS) is 11.3. The van der Waals surface area contributed by atoms with Crippen LogP contribution >= 0.6 is 0 Å². The minimum Gasteiger partial charge on any atom is -0.460 e. The van der Waals surface area contributed by atoms with Crippen molar-refractivity contribution in [1.82, 2.24) is 14.5 Å². The molecule has 6 rings (SSSR count). The summed E-state index contributed by atoms with van der Waals surface area (Å²) in [4.78, 5) is 9.22. The van der Waals surface area contributed by atoms with Crippen LogP contribution in [0.4, 0.5) is 0 Å². The van der Waals surface area contributed by atoms with E-state index in [0.29, 0.717) is 23.5 Å². The molecular formula is C34H29N3OPt. The molecule has 0 atom stereocenters. The minimum atomic E-state index is 0. The topological polar surface area (TPSA) is 39.9 Å². The van der Waals surface area contributed by atoms with Crippen molar-refractivity contribution in [3.05, 3.63) is 115 Å². The van der Waals surface area contributed by atoms with E-state index in [-0.39, 0.29) is 21.1 Å². The van der Waals surface area contributed by atoms with Gasteiger partial charge in [-0.1, -0.05) is 57.3 Å². The molecule has 0 aliphatic rings. The van der Waals surface area contributed by atoms with E-state index in [0.717, 1.165) is 33.4 Å². The number of pyridine rings is 2. The summed E-state index contributed by atoms with van der Waals surface area (Å²) in [6.45, 7) is 8.95. The molecule has 0 aliphatic carbocycles. The van der Waals surface area contributed by atoms with Crippen molar-refractivity contribution >= 4 is 21.8 Å². The van der Waals surface area contributed by atoms with Gasteiger partial charge in [-0.3, -0.25) is 0 Å². The first-order valence-electron chi connectivity index (χ1n) is 13.1. The first kappa shape index (κ1) is 26.8. The fraction of sp³-hybridized carbons (Fsp3) is 0.176. The summed E-state index contributed by atoms with van der Waals surface area (Å²) in [5.74, 6) is 2.88. The zero-order valence-corrected chi connectivity index (χ0v) is 24.7. The van der Waals surface area contributed by atoms with Crippen molar-refractivity contribution in [2.24, 2.45) is 0 Å². The molecule has 0 fully saturated rings. The molecule has 3 aromatic heterocycles. The molecule has 0 spiro atoms. The van der Waals surface area contributed by atoms with E-state index >= 15 is 0 Å². The van der Waals surface area contributed by atoms with Gasteiger partial charge in [-0.2, -0.15) is 24.3 Å². The van der Waals surface area contributed by atoms with Crippen LogP contribution in [-0.2, 0) is 21.1 Å². The van der Waals surface area contributed by atoms with Gasteiger partial charge in [-0.25, -0.2) is 21.1 Å². The number of hydrogen-bond acceptors (Lipinski definition) is 3. The van der Waals surface area contributed by atoms with Crippen molar-refractivity contribution in [2.75, 3.05) is 0 Å².